The third-order valence-corrected chi connectivity index (χ3v) is 4.15. The second-order valence-corrected chi connectivity index (χ2v) is 5.46. The molecule has 1 heterocycles. The lowest BCUT2D eigenvalue weighted by molar-refractivity contribution is -0.190. The Kier molecular flexibility index (Phi) is 2.49. The molecule has 2 aliphatic rings. The lowest BCUT2D eigenvalue weighted by Gasteiger charge is -2.26. The van der Waals surface area contributed by atoms with Crippen LogP contribution < -0.4 is 0 Å². The van der Waals surface area contributed by atoms with Crippen LogP contribution in [-0.4, -0.2) is 12.9 Å². The zero-order chi connectivity index (χ0) is 14.6. The van der Waals surface area contributed by atoms with Gasteiger partial charge in [-0.25, -0.2) is 0 Å². The minimum atomic E-state index is -4.28. The van der Waals surface area contributed by atoms with E-state index in [1.807, 2.05) is 36.4 Å². The SMILES string of the molecule is CC1=C2CCc3ccc4ccccc4c3C2=[O+][B-](F)(F)O1. The van der Waals surface area contributed by atoms with E-state index < -0.39 is 7.11 Å². The summed E-state index contributed by atoms with van der Waals surface area (Å²) in [6.45, 7) is 1.59. The first-order valence-corrected chi connectivity index (χ1v) is 7.01. The van der Waals surface area contributed by atoms with Crippen LogP contribution in [0, 0.1) is 0 Å². The Morgan fingerprint density at radius 2 is 1.90 bits per heavy atom. The molecule has 1 aliphatic carbocycles. The highest BCUT2D eigenvalue weighted by Crippen LogP contribution is 2.37. The molecule has 0 fully saturated rings. The Balaban J connectivity index is 2.07. The van der Waals surface area contributed by atoms with Gasteiger partial charge in [-0.1, -0.05) is 36.4 Å². The summed E-state index contributed by atoms with van der Waals surface area (Å²) in [5, 5.41) is 1.97. The smallest absolute Gasteiger partial charge is 0.572 e. The molecule has 0 bridgehead atoms. The van der Waals surface area contributed by atoms with E-state index in [-0.39, 0.29) is 5.76 Å². The highest BCUT2D eigenvalue weighted by molar-refractivity contribution is 6.51. The average molecular weight is 286 g/mol. The summed E-state index contributed by atoms with van der Waals surface area (Å²) in [4.78, 5) is 0. The maximum absolute atomic E-state index is 13.7. The summed E-state index contributed by atoms with van der Waals surface area (Å²) in [6, 6.07) is 11.8. The summed E-state index contributed by atoms with van der Waals surface area (Å²) in [6.07, 6.45) is 1.47. The van der Waals surface area contributed by atoms with E-state index in [0.29, 0.717) is 12.2 Å². The largest absolute Gasteiger partial charge is 0.994 e. The lowest BCUT2D eigenvalue weighted by Crippen LogP contribution is -2.35. The van der Waals surface area contributed by atoms with Crippen molar-refractivity contribution in [3.63, 3.8) is 0 Å². The maximum Gasteiger partial charge on any atom is 0.994 e. The molecule has 21 heavy (non-hydrogen) atoms. The fourth-order valence-corrected chi connectivity index (χ4v) is 3.22. The van der Waals surface area contributed by atoms with Crippen LogP contribution in [0.15, 0.2) is 47.7 Å². The molecular weight excluding hydrogens is 273 g/mol. The molecule has 0 N–H and O–H groups in total. The van der Waals surface area contributed by atoms with E-state index in [2.05, 4.69) is 4.65 Å². The second-order valence-electron chi connectivity index (χ2n) is 5.46. The molecule has 106 valence electrons. The Morgan fingerprint density at radius 1 is 1.10 bits per heavy atom. The van der Waals surface area contributed by atoms with Crippen molar-refractivity contribution >= 4 is 23.7 Å². The van der Waals surface area contributed by atoms with Crippen LogP contribution >= 0.6 is 0 Å². The highest BCUT2D eigenvalue weighted by atomic mass is 19.3. The molecule has 1 aliphatic heterocycles. The topological polar surface area (TPSA) is 20.5 Å². The van der Waals surface area contributed by atoms with Gasteiger partial charge in [-0.2, -0.15) is 0 Å². The molecule has 2 aromatic carbocycles. The number of allylic oxidation sites excluding steroid dienone is 2. The first-order chi connectivity index (χ1) is 10.1. The summed E-state index contributed by atoms with van der Waals surface area (Å²) >= 11 is 0. The minimum absolute atomic E-state index is 0.278. The van der Waals surface area contributed by atoms with Gasteiger partial charge in [0.2, 0.25) is 0 Å². The fourth-order valence-electron chi connectivity index (χ4n) is 3.22. The third-order valence-electron chi connectivity index (χ3n) is 4.15. The van der Waals surface area contributed by atoms with Gasteiger partial charge in [0.15, 0.2) is 0 Å². The number of carbonyl (C=O) groups excluding carboxylic acids is 1. The number of aryl methyl sites for hydroxylation is 1. The summed E-state index contributed by atoms with van der Waals surface area (Å²) in [5.41, 5.74) is 2.60. The number of benzene rings is 2. The molecule has 0 saturated carbocycles. The predicted octanol–water partition coefficient (Wildman–Crippen LogP) is 4.18. The van der Waals surface area contributed by atoms with E-state index in [1.54, 1.807) is 6.92 Å². The molecule has 0 atom stereocenters. The molecule has 4 rings (SSSR count). The molecular formula is C16H13BF2O2. The van der Waals surface area contributed by atoms with E-state index in [4.69, 9.17) is 4.34 Å². The predicted molar refractivity (Wildman–Crippen MR) is 78.4 cm³/mol. The van der Waals surface area contributed by atoms with Crippen molar-refractivity contribution in [1.29, 1.82) is 0 Å². The third kappa shape index (κ3) is 1.88. The van der Waals surface area contributed by atoms with Crippen molar-refractivity contribution in [3.05, 3.63) is 58.9 Å². The summed E-state index contributed by atoms with van der Waals surface area (Å²) < 4.78 is 37.0. The van der Waals surface area contributed by atoms with Crippen molar-refractivity contribution in [3.8, 4) is 0 Å². The van der Waals surface area contributed by atoms with Crippen LogP contribution in [0.3, 0.4) is 0 Å². The standard InChI is InChI=1S/C16H13BF2O2/c1-10-13-9-8-12-7-6-11-4-2-3-5-14(11)15(12)16(13)21-17(18,19)20-10/h2-7H,8-9H2,1H3. The van der Waals surface area contributed by atoms with E-state index >= 15 is 0 Å². The summed E-state index contributed by atoms with van der Waals surface area (Å²) in [5.74, 6) is 0.571. The second kappa shape index (κ2) is 4.17. The summed E-state index contributed by atoms with van der Waals surface area (Å²) in [7, 11) is -4.28. The van der Waals surface area contributed by atoms with E-state index in [0.717, 1.165) is 33.9 Å². The fraction of sp³-hybridized carbons (Fsp3) is 0.188. The van der Waals surface area contributed by atoms with Crippen LogP contribution in [0.4, 0.5) is 8.63 Å². The lowest BCUT2D eigenvalue weighted by atomic mass is 9.82. The molecule has 0 unspecified atom stereocenters. The molecule has 2 nitrogen and oxygen atoms in total. The Morgan fingerprint density at radius 3 is 2.76 bits per heavy atom. The van der Waals surface area contributed by atoms with Gasteiger partial charge < -0.3 is 17.6 Å². The molecule has 0 amide bonds. The molecule has 0 saturated heterocycles. The molecule has 5 heteroatoms. The number of ketones is 1. The van der Waals surface area contributed by atoms with Crippen molar-refractivity contribution in [2.24, 2.45) is 0 Å². The van der Waals surface area contributed by atoms with Crippen LogP contribution in [0.1, 0.15) is 28.8 Å². The number of halogens is 2. The van der Waals surface area contributed by atoms with Crippen LogP contribution in [0.25, 0.3) is 10.8 Å². The van der Waals surface area contributed by atoms with E-state index in [9.17, 15) is 8.63 Å². The Labute approximate surface area is 120 Å². The van der Waals surface area contributed by atoms with Crippen LogP contribution in [-0.2, 0) is 11.1 Å². The number of fused-ring (bicyclic) bond motifs is 5. The normalized spacial score (nSPS) is 19.7. The highest BCUT2D eigenvalue weighted by Gasteiger charge is 2.54. The van der Waals surface area contributed by atoms with Crippen molar-refractivity contribution in [2.45, 2.75) is 19.8 Å². The van der Waals surface area contributed by atoms with Crippen molar-refractivity contribution < 1.29 is 17.6 Å². The van der Waals surface area contributed by atoms with Gasteiger partial charge >= 0.3 is 7.11 Å². The Hall–Kier alpha value is -2.17. The maximum atomic E-state index is 13.7. The average Bonchev–Trinajstić information content (AvgIpc) is 2.45. The molecule has 2 aromatic rings. The molecule has 0 radical (unpaired) electrons. The van der Waals surface area contributed by atoms with Crippen LogP contribution in [0.5, 0.6) is 0 Å². The first kappa shape index (κ1) is 12.6. The van der Waals surface area contributed by atoms with Gasteiger partial charge in [0.25, 0.3) is 5.78 Å². The zero-order valence-electron chi connectivity index (χ0n) is 11.5. The Bertz CT molecular complexity index is 824. The number of hydrogen-bond donors (Lipinski definition) is 0. The monoisotopic (exact) mass is 286 g/mol. The molecule has 0 aromatic heterocycles. The van der Waals surface area contributed by atoms with Gasteiger partial charge in [0, 0.05) is 0 Å². The van der Waals surface area contributed by atoms with Crippen LogP contribution in [0.2, 0.25) is 0 Å². The zero-order valence-corrected chi connectivity index (χ0v) is 11.5. The number of hydrogen-bond acceptors (Lipinski definition) is 1. The first-order valence-electron chi connectivity index (χ1n) is 7.01. The van der Waals surface area contributed by atoms with Gasteiger partial charge in [-0.15, -0.1) is 0 Å². The molecule has 0 spiro atoms. The number of rotatable bonds is 0. The minimum Gasteiger partial charge on any atom is -0.572 e. The quantitative estimate of drug-likeness (QED) is 0.525. The van der Waals surface area contributed by atoms with Gasteiger partial charge in [-0.3, -0.25) is 0 Å². The van der Waals surface area contributed by atoms with Gasteiger partial charge in [0.05, 0.1) is 16.9 Å². The van der Waals surface area contributed by atoms with Crippen molar-refractivity contribution in [2.75, 3.05) is 0 Å². The van der Waals surface area contributed by atoms with Crippen molar-refractivity contribution in [1.82, 2.24) is 0 Å². The van der Waals surface area contributed by atoms with Gasteiger partial charge in [-0.05, 0) is 36.1 Å². The van der Waals surface area contributed by atoms with Gasteiger partial charge in [0.1, 0.15) is 0 Å². The van der Waals surface area contributed by atoms with E-state index in [1.165, 1.54) is 0 Å².